The largest absolute Gasteiger partial charge is 0.395 e. The molecule has 24 heavy (non-hydrogen) atoms. The number of hydrogen-bond acceptors (Lipinski definition) is 3. The average molecular weight is 330 g/mol. The Labute approximate surface area is 144 Å². The van der Waals surface area contributed by atoms with Gasteiger partial charge in [-0.15, -0.1) is 0 Å². The van der Waals surface area contributed by atoms with Gasteiger partial charge in [0.05, 0.1) is 6.61 Å². The van der Waals surface area contributed by atoms with Crippen LogP contribution in [0, 0.1) is 34.5 Å². The van der Waals surface area contributed by atoms with Crippen LogP contribution < -0.4 is 0 Å². The second-order valence-corrected chi connectivity index (χ2v) is 9.15. The predicted octanol–water partition coefficient (Wildman–Crippen LogP) is 3.70. The summed E-state index contributed by atoms with van der Waals surface area (Å²) in [6.45, 7) is 4.31. The highest BCUT2D eigenvalue weighted by atomic mass is 16.3. The summed E-state index contributed by atoms with van der Waals surface area (Å²) in [4.78, 5) is 24.1. The summed E-state index contributed by atoms with van der Waals surface area (Å²) in [5, 5.41) is 10.3. The van der Waals surface area contributed by atoms with Crippen molar-refractivity contribution in [1.82, 2.24) is 0 Å². The maximum absolute atomic E-state index is 12.2. The van der Waals surface area contributed by atoms with E-state index in [-0.39, 0.29) is 29.1 Å². The van der Waals surface area contributed by atoms with E-state index in [1.54, 1.807) is 6.92 Å². The zero-order valence-electron chi connectivity index (χ0n) is 15.0. The number of hydrogen-bond donors (Lipinski definition) is 1. The van der Waals surface area contributed by atoms with Crippen LogP contribution in [-0.4, -0.2) is 23.3 Å². The molecule has 6 atom stereocenters. The summed E-state index contributed by atoms with van der Waals surface area (Å²) in [5.41, 5.74) is 1.24. The first kappa shape index (κ1) is 16.5. The molecule has 0 spiro atoms. The molecule has 0 unspecified atom stereocenters. The quantitative estimate of drug-likeness (QED) is 0.840. The van der Waals surface area contributed by atoms with Crippen LogP contribution in [0.15, 0.2) is 11.6 Å². The molecule has 0 radical (unpaired) electrons. The van der Waals surface area contributed by atoms with Gasteiger partial charge < -0.3 is 5.11 Å². The normalized spacial score (nSPS) is 47.5. The van der Waals surface area contributed by atoms with Crippen molar-refractivity contribution in [3.63, 3.8) is 0 Å². The first-order valence-corrected chi connectivity index (χ1v) is 9.77. The number of aliphatic hydroxyl groups excluding tert-OH is 1. The monoisotopic (exact) mass is 330 g/mol. The fraction of sp³-hybridized carbons (Fsp3) is 0.810. The first-order chi connectivity index (χ1) is 11.4. The van der Waals surface area contributed by atoms with Crippen molar-refractivity contribution in [3.8, 4) is 0 Å². The number of Topliss-reactive ketones (excluding diaryl/α,β-unsaturated/α-hetero) is 1. The minimum absolute atomic E-state index is 0.146. The van der Waals surface area contributed by atoms with Gasteiger partial charge in [-0.1, -0.05) is 12.5 Å². The fourth-order valence-electron chi connectivity index (χ4n) is 7.33. The molecule has 0 aromatic carbocycles. The van der Waals surface area contributed by atoms with Gasteiger partial charge in [-0.25, -0.2) is 0 Å². The molecule has 3 heteroatoms. The molecular weight excluding hydrogens is 300 g/mol. The molecular formula is C21H30O3. The average Bonchev–Trinajstić information content (AvgIpc) is 2.91. The smallest absolute Gasteiger partial charge is 0.155 e. The van der Waals surface area contributed by atoms with Crippen molar-refractivity contribution in [3.05, 3.63) is 11.6 Å². The van der Waals surface area contributed by atoms with E-state index in [0.717, 1.165) is 38.5 Å². The molecule has 132 valence electrons. The maximum Gasteiger partial charge on any atom is 0.155 e. The third kappa shape index (κ3) is 2.06. The first-order valence-electron chi connectivity index (χ1n) is 9.77. The molecule has 4 aliphatic carbocycles. The van der Waals surface area contributed by atoms with Gasteiger partial charge >= 0.3 is 0 Å². The SMILES string of the molecule is CC(=O)[C@H]1CC[C@@H]2[C@@H]3CCC4=CC(=O)CC[C@]4(CO)[C@@H]3CC[C@]12C. The van der Waals surface area contributed by atoms with Crippen LogP contribution in [0.1, 0.15) is 65.2 Å². The molecule has 0 aromatic rings. The third-order valence-electron chi connectivity index (χ3n) is 8.46. The van der Waals surface area contributed by atoms with Crippen molar-refractivity contribution in [2.24, 2.45) is 34.5 Å². The summed E-state index contributed by atoms with van der Waals surface area (Å²) in [7, 11) is 0. The lowest BCUT2D eigenvalue weighted by molar-refractivity contribution is -0.130. The zero-order valence-corrected chi connectivity index (χ0v) is 15.0. The number of fused-ring (bicyclic) bond motifs is 5. The van der Waals surface area contributed by atoms with Gasteiger partial charge in [0.15, 0.2) is 5.78 Å². The minimum Gasteiger partial charge on any atom is -0.395 e. The van der Waals surface area contributed by atoms with Crippen molar-refractivity contribution in [2.45, 2.75) is 65.2 Å². The second-order valence-electron chi connectivity index (χ2n) is 9.15. The lowest BCUT2D eigenvalue weighted by Crippen LogP contribution is -2.53. The molecule has 3 saturated carbocycles. The van der Waals surface area contributed by atoms with Gasteiger partial charge in [0.2, 0.25) is 0 Å². The Morgan fingerprint density at radius 2 is 1.96 bits per heavy atom. The van der Waals surface area contributed by atoms with Crippen LogP contribution in [0.25, 0.3) is 0 Å². The molecule has 0 saturated heterocycles. The Balaban J connectivity index is 1.69. The molecule has 4 aliphatic rings. The Morgan fingerprint density at radius 1 is 1.17 bits per heavy atom. The van der Waals surface area contributed by atoms with Gasteiger partial charge in [-0.2, -0.15) is 0 Å². The lowest BCUT2D eigenvalue weighted by atomic mass is 9.46. The minimum atomic E-state index is -0.146. The summed E-state index contributed by atoms with van der Waals surface area (Å²) >= 11 is 0. The van der Waals surface area contributed by atoms with Crippen LogP contribution in [0.4, 0.5) is 0 Å². The van der Waals surface area contributed by atoms with Crippen molar-refractivity contribution >= 4 is 11.6 Å². The van der Waals surface area contributed by atoms with E-state index in [0.29, 0.717) is 30.0 Å². The maximum atomic E-state index is 12.2. The van der Waals surface area contributed by atoms with Gasteiger partial charge in [-0.05, 0) is 81.1 Å². The summed E-state index contributed by atoms with van der Waals surface area (Å²) in [6.07, 6.45) is 9.80. The molecule has 0 bridgehead atoms. The molecule has 1 N–H and O–H groups in total. The predicted molar refractivity (Wildman–Crippen MR) is 92.3 cm³/mol. The number of aliphatic hydroxyl groups is 1. The third-order valence-corrected chi connectivity index (χ3v) is 8.46. The van der Waals surface area contributed by atoms with Crippen LogP contribution in [-0.2, 0) is 9.59 Å². The van der Waals surface area contributed by atoms with E-state index in [1.807, 2.05) is 6.08 Å². The molecule has 3 nitrogen and oxygen atoms in total. The summed E-state index contributed by atoms with van der Waals surface area (Å²) in [6, 6.07) is 0. The highest BCUT2D eigenvalue weighted by molar-refractivity contribution is 5.91. The van der Waals surface area contributed by atoms with E-state index >= 15 is 0 Å². The molecule has 0 heterocycles. The van der Waals surface area contributed by atoms with Crippen molar-refractivity contribution < 1.29 is 14.7 Å². The topological polar surface area (TPSA) is 54.4 Å². The van der Waals surface area contributed by atoms with Gasteiger partial charge in [-0.3, -0.25) is 9.59 Å². The van der Waals surface area contributed by atoms with Crippen LogP contribution in [0.3, 0.4) is 0 Å². The molecule has 0 aliphatic heterocycles. The molecule has 3 fully saturated rings. The van der Waals surface area contributed by atoms with E-state index in [9.17, 15) is 14.7 Å². The van der Waals surface area contributed by atoms with Crippen molar-refractivity contribution in [1.29, 1.82) is 0 Å². The lowest BCUT2D eigenvalue weighted by Gasteiger charge is -2.58. The number of carbonyl (C=O) groups excluding carboxylic acids is 2. The Morgan fingerprint density at radius 3 is 2.67 bits per heavy atom. The van der Waals surface area contributed by atoms with Crippen molar-refractivity contribution in [2.75, 3.05) is 6.61 Å². The van der Waals surface area contributed by atoms with E-state index in [1.165, 1.54) is 12.0 Å². The van der Waals surface area contributed by atoms with E-state index in [2.05, 4.69) is 6.92 Å². The number of carbonyl (C=O) groups is 2. The van der Waals surface area contributed by atoms with Gasteiger partial charge in [0.1, 0.15) is 5.78 Å². The zero-order chi connectivity index (χ0) is 17.1. The molecule has 0 aromatic heterocycles. The molecule has 0 amide bonds. The van der Waals surface area contributed by atoms with Gasteiger partial charge in [0.25, 0.3) is 0 Å². The fourth-order valence-corrected chi connectivity index (χ4v) is 7.33. The number of ketones is 2. The Kier molecular flexibility index (Phi) is 3.80. The van der Waals surface area contributed by atoms with Gasteiger partial charge in [0, 0.05) is 17.8 Å². The number of rotatable bonds is 2. The second kappa shape index (κ2) is 5.52. The highest BCUT2D eigenvalue weighted by Crippen LogP contribution is 2.66. The summed E-state index contributed by atoms with van der Waals surface area (Å²) < 4.78 is 0. The molecule has 4 rings (SSSR count). The Bertz CT molecular complexity index is 606. The van der Waals surface area contributed by atoms with E-state index in [4.69, 9.17) is 0 Å². The highest BCUT2D eigenvalue weighted by Gasteiger charge is 2.60. The summed E-state index contributed by atoms with van der Waals surface area (Å²) in [5.74, 6) is 2.58. The van der Waals surface area contributed by atoms with E-state index < -0.39 is 0 Å². The van der Waals surface area contributed by atoms with Crippen LogP contribution >= 0.6 is 0 Å². The van der Waals surface area contributed by atoms with Crippen LogP contribution in [0.2, 0.25) is 0 Å². The Hall–Kier alpha value is -0.960. The van der Waals surface area contributed by atoms with Crippen LogP contribution in [0.5, 0.6) is 0 Å². The standard InChI is InChI=1S/C21H30O3/c1-13(23)17-5-6-18-16-4-3-14-11-15(24)7-10-21(14,12-22)19(16)8-9-20(17,18)2/h11,16-19,22H,3-10,12H2,1-2H3/t16-,17+,18+,19+,20+,21+/m0/s1.